The van der Waals surface area contributed by atoms with Crippen molar-refractivity contribution in [3.63, 3.8) is 0 Å². The quantitative estimate of drug-likeness (QED) is 0.692. The number of rotatable bonds is 1. The Morgan fingerprint density at radius 2 is 2.00 bits per heavy atom. The summed E-state index contributed by atoms with van der Waals surface area (Å²) in [6, 6.07) is 4.82. The highest BCUT2D eigenvalue weighted by Gasteiger charge is 2.12. The summed E-state index contributed by atoms with van der Waals surface area (Å²) in [6.07, 6.45) is -2.42. The zero-order valence-electron chi connectivity index (χ0n) is 6.80. The van der Waals surface area contributed by atoms with Crippen LogP contribution in [-0.2, 0) is 0 Å². The van der Waals surface area contributed by atoms with Crippen molar-refractivity contribution in [2.75, 3.05) is 0 Å². The summed E-state index contributed by atoms with van der Waals surface area (Å²) < 4.78 is 25.5. The van der Waals surface area contributed by atoms with E-state index in [0.29, 0.717) is 9.92 Å². The van der Waals surface area contributed by atoms with E-state index in [0.717, 1.165) is 21.4 Å². The average molecular weight is 251 g/mol. The topological polar surface area (TPSA) is 0 Å². The van der Waals surface area contributed by atoms with Gasteiger partial charge >= 0.3 is 0 Å². The lowest BCUT2D eigenvalue weighted by Gasteiger charge is -1.95. The lowest BCUT2D eigenvalue weighted by atomic mass is 10.2. The molecule has 0 atom stereocenters. The van der Waals surface area contributed by atoms with E-state index < -0.39 is 6.43 Å². The fourth-order valence-electron chi connectivity index (χ4n) is 1.18. The normalized spacial score (nSPS) is 11.5. The molecule has 0 amide bonds. The second kappa shape index (κ2) is 3.68. The molecular weight excluding hydrogens is 246 g/mol. The van der Waals surface area contributed by atoms with Crippen molar-refractivity contribution in [1.82, 2.24) is 0 Å². The molecule has 0 bridgehead atoms. The molecule has 0 radical (unpaired) electrons. The molecule has 14 heavy (non-hydrogen) atoms. The smallest absolute Gasteiger partial charge is 0.204 e. The van der Waals surface area contributed by atoms with Gasteiger partial charge in [-0.1, -0.05) is 11.6 Å². The van der Waals surface area contributed by atoms with Crippen LogP contribution in [0.1, 0.15) is 11.3 Å². The van der Waals surface area contributed by atoms with Gasteiger partial charge in [-0.2, -0.15) is 0 Å². The minimum absolute atomic E-state index is 0.0648. The van der Waals surface area contributed by atoms with Gasteiger partial charge in [-0.15, -0.1) is 24.0 Å². The van der Waals surface area contributed by atoms with Crippen molar-refractivity contribution in [3.8, 4) is 0 Å². The van der Waals surface area contributed by atoms with Crippen molar-refractivity contribution in [1.29, 1.82) is 0 Å². The van der Waals surface area contributed by atoms with Gasteiger partial charge in [0.2, 0.25) is 0 Å². The van der Waals surface area contributed by atoms with E-state index in [2.05, 4.69) is 12.6 Å². The summed E-state index contributed by atoms with van der Waals surface area (Å²) >= 11 is 11.0. The molecule has 0 unspecified atom stereocenters. The first-order valence-electron chi connectivity index (χ1n) is 3.78. The fourth-order valence-corrected chi connectivity index (χ4v) is 2.57. The Hall–Kier alpha value is -0.320. The van der Waals surface area contributed by atoms with Crippen LogP contribution >= 0.6 is 35.6 Å². The monoisotopic (exact) mass is 250 g/mol. The lowest BCUT2D eigenvalue weighted by molar-refractivity contribution is 0.156. The van der Waals surface area contributed by atoms with Gasteiger partial charge in [0, 0.05) is 9.60 Å². The van der Waals surface area contributed by atoms with Crippen molar-refractivity contribution in [3.05, 3.63) is 28.1 Å². The summed E-state index contributed by atoms with van der Waals surface area (Å²) in [7, 11) is 0. The Morgan fingerprint density at radius 3 is 2.64 bits per heavy atom. The highest BCUT2D eigenvalue weighted by Crippen LogP contribution is 2.36. The highest BCUT2D eigenvalue weighted by atomic mass is 35.5. The van der Waals surface area contributed by atoms with Crippen LogP contribution in [-0.4, -0.2) is 0 Å². The van der Waals surface area contributed by atoms with Crippen LogP contribution in [0.2, 0.25) is 5.02 Å². The van der Waals surface area contributed by atoms with Crippen LogP contribution < -0.4 is 0 Å². The third-order valence-electron chi connectivity index (χ3n) is 1.82. The molecule has 0 aliphatic rings. The molecule has 0 saturated heterocycles. The first-order chi connectivity index (χ1) is 6.58. The molecule has 0 aliphatic carbocycles. The van der Waals surface area contributed by atoms with Crippen LogP contribution in [0.5, 0.6) is 0 Å². The molecule has 0 nitrogen and oxygen atoms in total. The molecule has 5 heteroatoms. The van der Waals surface area contributed by atoms with Gasteiger partial charge in [-0.3, -0.25) is 0 Å². The molecule has 1 aromatic heterocycles. The van der Waals surface area contributed by atoms with E-state index >= 15 is 0 Å². The Bertz CT molecular complexity index is 440. The van der Waals surface area contributed by atoms with Gasteiger partial charge in [0.05, 0.1) is 9.90 Å². The van der Waals surface area contributed by atoms with Crippen LogP contribution in [0.3, 0.4) is 0 Å². The lowest BCUT2D eigenvalue weighted by Crippen LogP contribution is -1.72. The standard InChI is InChI=1S/C9H5ClF2S2/c10-5-1-4-2-8(9(11)12)14-7(4)3-6(5)13/h1-3,9,13H. The number of fused-ring (bicyclic) bond motifs is 1. The third kappa shape index (κ3) is 1.74. The minimum atomic E-state index is -2.42. The van der Waals surface area contributed by atoms with E-state index in [9.17, 15) is 8.78 Å². The molecule has 1 aromatic carbocycles. The minimum Gasteiger partial charge on any atom is -0.204 e. The number of benzene rings is 1. The molecule has 0 spiro atoms. The first-order valence-corrected chi connectivity index (χ1v) is 5.42. The van der Waals surface area contributed by atoms with Crippen LogP contribution in [0.25, 0.3) is 10.1 Å². The number of hydrogen-bond acceptors (Lipinski definition) is 2. The number of alkyl halides is 2. The SMILES string of the molecule is FC(F)c1cc2cc(Cl)c(S)cc2s1. The van der Waals surface area contributed by atoms with Gasteiger partial charge < -0.3 is 0 Å². The predicted octanol–water partition coefficient (Wildman–Crippen LogP) is 4.78. The van der Waals surface area contributed by atoms with Gasteiger partial charge in [-0.25, -0.2) is 8.78 Å². The third-order valence-corrected chi connectivity index (χ3v) is 3.74. The zero-order valence-corrected chi connectivity index (χ0v) is 9.27. The summed E-state index contributed by atoms with van der Waals surface area (Å²) in [6.45, 7) is 0. The Morgan fingerprint density at radius 1 is 1.29 bits per heavy atom. The number of halogens is 3. The summed E-state index contributed by atoms with van der Waals surface area (Å²) in [5.41, 5.74) is 0. The van der Waals surface area contributed by atoms with Gasteiger partial charge in [0.15, 0.2) is 0 Å². The van der Waals surface area contributed by atoms with E-state index in [4.69, 9.17) is 11.6 Å². The van der Waals surface area contributed by atoms with Gasteiger partial charge in [-0.05, 0) is 23.6 Å². The van der Waals surface area contributed by atoms with E-state index in [1.54, 1.807) is 12.1 Å². The summed E-state index contributed by atoms with van der Waals surface area (Å²) in [5, 5.41) is 1.23. The molecule has 0 N–H and O–H groups in total. The summed E-state index contributed by atoms with van der Waals surface area (Å²) in [4.78, 5) is 0.678. The van der Waals surface area contributed by atoms with E-state index in [1.165, 1.54) is 6.07 Å². The average Bonchev–Trinajstić information content (AvgIpc) is 2.48. The van der Waals surface area contributed by atoms with Crippen molar-refractivity contribution in [2.24, 2.45) is 0 Å². The first kappa shape index (κ1) is 10.2. The Labute approximate surface area is 93.9 Å². The molecular formula is C9H5ClF2S2. The number of thiophene rings is 1. The second-order valence-corrected chi connectivity index (χ2v) is 4.80. The molecule has 74 valence electrons. The van der Waals surface area contributed by atoms with Crippen molar-refractivity contribution in [2.45, 2.75) is 11.3 Å². The van der Waals surface area contributed by atoms with Gasteiger partial charge in [0.25, 0.3) is 6.43 Å². The predicted molar refractivity (Wildman–Crippen MR) is 59.0 cm³/mol. The van der Waals surface area contributed by atoms with E-state index in [-0.39, 0.29) is 4.88 Å². The Kier molecular flexibility index (Phi) is 2.68. The number of hydrogen-bond donors (Lipinski definition) is 1. The largest absolute Gasteiger partial charge is 0.272 e. The maximum atomic E-state index is 12.4. The molecule has 1 heterocycles. The molecule has 0 saturated carbocycles. The van der Waals surface area contributed by atoms with Crippen LogP contribution in [0, 0.1) is 0 Å². The highest BCUT2D eigenvalue weighted by molar-refractivity contribution is 7.80. The molecule has 0 fully saturated rings. The van der Waals surface area contributed by atoms with E-state index in [1.807, 2.05) is 0 Å². The van der Waals surface area contributed by atoms with Crippen molar-refractivity contribution >= 4 is 45.7 Å². The molecule has 0 aliphatic heterocycles. The Balaban J connectivity index is 2.66. The molecule has 2 rings (SSSR count). The fraction of sp³-hybridized carbons (Fsp3) is 0.111. The summed E-state index contributed by atoms with van der Waals surface area (Å²) in [5.74, 6) is 0. The van der Waals surface area contributed by atoms with Crippen LogP contribution in [0.15, 0.2) is 23.1 Å². The maximum absolute atomic E-state index is 12.4. The number of thiol groups is 1. The maximum Gasteiger partial charge on any atom is 0.272 e. The second-order valence-electron chi connectivity index (χ2n) is 2.79. The zero-order chi connectivity index (χ0) is 10.3. The molecule has 2 aromatic rings. The van der Waals surface area contributed by atoms with Crippen LogP contribution in [0.4, 0.5) is 8.78 Å². The van der Waals surface area contributed by atoms with Gasteiger partial charge in [0.1, 0.15) is 0 Å². The van der Waals surface area contributed by atoms with Crippen molar-refractivity contribution < 1.29 is 8.78 Å².